The monoisotopic (exact) mass is 517 g/mol. The summed E-state index contributed by atoms with van der Waals surface area (Å²) in [5.41, 5.74) is 4.05. The van der Waals surface area contributed by atoms with Crippen LogP contribution < -0.4 is 10.1 Å². The second-order valence-corrected chi connectivity index (χ2v) is 9.41. The zero-order valence-corrected chi connectivity index (χ0v) is 20.9. The Morgan fingerprint density at radius 3 is 2.41 bits per heavy atom. The van der Waals surface area contributed by atoms with Crippen LogP contribution in [0.2, 0.25) is 0 Å². The SMILES string of the molecule is Cc1ccc(NC(=O)COc2ccc(/C=C3\SC(=O)N(Cc4ccc([N+](=O)[O-])cc4)C3=O)cc2)c(C)c1. The van der Waals surface area contributed by atoms with Gasteiger partial charge in [-0.05, 0) is 66.6 Å². The van der Waals surface area contributed by atoms with E-state index in [0.29, 0.717) is 16.9 Å². The standard InChI is InChI=1S/C27H23N3O6S/c1-17-3-12-23(18(2)13-17)28-25(31)16-36-22-10-6-19(7-11-22)14-24-26(32)29(27(33)37-24)15-20-4-8-21(9-5-20)30(34)35/h3-14H,15-16H2,1-2H3,(H,28,31)/b24-14-. The summed E-state index contributed by atoms with van der Waals surface area (Å²) in [6.07, 6.45) is 1.61. The molecule has 3 aromatic rings. The lowest BCUT2D eigenvalue weighted by Crippen LogP contribution is -2.27. The van der Waals surface area contributed by atoms with Gasteiger partial charge in [-0.1, -0.05) is 42.0 Å². The van der Waals surface area contributed by atoms with Gasteiger partial charge in [0.15, 0.2) is 6.61 Å². The van der Waals surface area contributed by atoms with Crippen LogP contribution in [-0.2, 0) is 16.1 Å². The molecule has 1 fully saturated rings. The average Bonchev–Trinajstić information content (AvgIpc) is 3.13. The maximum Gasteiger partial charge on any atom is 0.293 e. The van der Waals surface area contributed by atoms with Gasteiger partial charge in [0.25, 0.3) is 22.7 Å². The van der Waals surface area contributed by atoms with Crippen LogP contribution >= 0.6 is 11.8 Å². The van der Waals surface area contributed by atoms with E-state index in [0.717, 1.165) is 33.5 Å². The van der Waals surface area contributed by atoms with Crippen molar-refractivity contribution in [2.75, 3.05) is 11.9 Å². The quantitative estimate of drug-likeness (QED) is 0.239. The number of nitrogens with zero attached hydrogens (tertiary/aromatic N) is 2. The predicted molar refractivity (Wildman–Crippen MR) is 141 cm³/mol. The summed E-state index contributed by atoms with van der Waals surface area (Å²) in [4.78, 5) is 49.1. The van der Waals surface area contributed by atoms with E-state index in [4.69, 9.17) is 4.74 Å². The van der Waals surface area contributed by atoms with Crippen LogP contribution in [0.5, 0.6) is 5.75 Å². The van der Waals surface area contributed by atoms with Crippen molar-refractivity contribution < 1.29 is 24.0 Å². The molecule has 4 rings (SSSR count). The molecule has 3 aromatic carbocycles. The van der Waals surface area contributed by atoms with Crippen LogP contribution in [-0.4, -0.2) is 33.5 Å². The zero-order chi connectivity index (χ0) is 26.5. The lowest BCUT2D eigenvalue weighted by Gasteiger charge is -2.12. The fourth-order valence-corrected chi connectivity index (χ4v) is 4.48. The molecule has 0 saturated carbocycles. The van der Waals surface area contributed by atoms with Crippen molar-refractivity contribution in [1.82, 2.24) is 4.90 Å². The number of rotatable bonds is 8. The van der Waals surface area contributed by atoms with Crippen molar-refractivity contribution in [1.29, 1.82) is 0 Å². The molecule has 0 aromatic heterocycles. The number of amides is 3. The van der Waals surface area contributed by atoms with Crippen molar-refractivity contribution in [2.24, 2.45) is 0 Å². The average molecular weight is 518 g/mol. The van der Waals surface area contributed by atoms with Crippen LogP contribution in [0.3, 0.4) is 0 Å². The van der Waals surface area contributed by atoms with Crippen molar-refractivity contribution >= 4 is 46.3 Å². The van der Waals surface area contributed by atoms with E-state index in [1.807, 2.05) is 32.0 Å². The molecule has 37 heavy (non-hydrogen) atoms. The molecule has 0 atom stereocenters. The topological polar surface area (TPSA) is 119 Å². The molecule has 1 N–H and O–H groups in total. The van der Waals surface area contributed by atoms with E-state index in [9.17, 15) is 24.5 Å². The van der Waals surface area contributed by atoms with Gasteiger partial charge < -0.3 is 10.1 Å². The molecular formula is C27H23N3O6S. The highest BCUT2D eigenvalue weighted by Gasteiger charge is 2.35. The van der Waals surface area contributed by atoms with Gasteiger partial charge in [-0.2, -0.15) is 0 Å². The van der Waals surface area contributed by atoms with E-state index in [-0.39, 0.29) is 29.7 Å². The Morgan fingerprint density at radius 1 is 1.05 bits per heavy atom. The highest BCUT2D eigenvalue weighted by molar-refractivity contribution is 8.18. The molecule has 10 heteroatoms. The first-order valence-corrected chi connectivity index (χ1v) is 12.1. The number of ether oxygens (including phenoxy) is 1. The van der Waals surface area contributed by atoms with Crippen molar-refractivity contribution in [3.05, 3.63) is 104 Å². The van der Waals surface area contributed by atoms with Gasteiger partial charge in [-0.25, -0.2) is 0 Å². The summed E-state index contributed by atoms with van der Waals surface area (Å²) in [6.45, 7) is 3.77. The minimum atomic E-state index is -0.510. The minimum absolute atomic E-state index is 0.0248. The van der Waals surface area contributed by atoms with Gasteiger partial charge in [-0.15, -0.1) is 0 Å². The van der Waals surface area contributed by atoms with Crippen LogP contribution in [0.15, 0.2) is 71.6 Å². The third-order valence-corrected chi connectivity index (χ3v) is 6.47. The molecule has 0 aliphatic carbocycles. The number of hydrogen-bond acceptors (Lipinski definition) is 7. The second-order valence-electron chi connectivity index (χ2n) is 8.42. The van der Waals surface area contributed by atoms with Crippen molar-refractivity contribution in [2.45, 2.75) is 20.4 Å². The van der Waals surface area contributed by atoms with Gasteiger partial charge in [0, 0.05) is 17.8 Å². The number of nitro benzene ring substituents is 1. The Bertz CT molecular complexity index is 1400. The van der Waals surface area contributed by atoms with E-state index >= 15 is 0 Å². The first-order chi connectivity index (χ1) is 17.7. The Kier molecular flexibility index (Phi) is 7.69. The molecule has 3 amide bonds. The highest BCUT2D eigenvalue weighted by atomic mass is 32.2. The van der Waals surface area contributed by atoms with Crippen LogP contribution in [0.1, 0.15) is 22.3 Å². The summed E-state index contributed by atoms with van der Waals surface area (Å²) >= 11 is 0.831. The second kappa shape index (κ2) is 11.1. The Labute approximate surface area is 217 Å². The lowest BCUT2D eigenvalue weighted by atomic mass is 10.1. The number of benzene rings is 3. The normalized spacial score (nSPS) is 14.2. The fourth-order valence-electron chi connectivity index (χ4n) is 3.64. The van der Waals surface area contributed by atoms with Crippen molar-refractivity contribution in [3.63, 3.8) is 0 Å². The van der Waals surface area contributed by atoms with E-state index < -0.39 is 16.1 Å². The van der Waals surface area contributed by atoms with Gasteiger partial charge in [0.05, 0.1) is 16.4 Å². The maximum atomic E-state index is 12.8. The molecule has 1 heterocycles. The number of imide groups is 1. The number of aryl methyl sites for hydroxylation is 2. The molecule has 0 bridgehead atoms. The third kappa shape index (κ3) is 6.42. The van der Waals surface area contributed by atoms with Crippen LogP contribution in [0.25, 0.3) is 6.08 Å². The molecule has 1 saturated heterocycles. The van der Waals surface area contributed by atoms with E-state index in [2.05, 4.69) is 5.32 Å². The summed E-state index contributed by atoms with van der Waals surface area (Å²) < 4.78 is 5.56. The molecular weight excluding hydrogens is 494 g/mol. The number of non-ortho nitro benzene ring substituents is 1. The summed E-state index contributed by atoms with van der Waals surface area (Å²) in [5, 5.41) is 13.2. The lowest BCUT2D eigenvalue weighted by molar-refractivity contribution is -0.384. The number of thioether (sulfide) groups is 1. The first kappa shape index (κ1) is 25.6. The molecule has 9 nitrogen and oxygen atoms in total. The summed E-state index contributed by atoms with van der Waals surface area (Å²) in [7, 11) is 0. The van der Waals surface area contributed by atoms with Gasteiger partial charge in [0.1, 0.15) is 5.75 Å². The largest absolute Gasteiger partial charge is 0.484 e. The molecule has 1 aliphatic heterocycles. The Morgan fingerprint density at radius 2 is 1.76 bits per heavy atom. The Balaban J connectivity index is 1.33. The zero-order valence-electron chi connectivity index (χ0n) is 20.1. The summed E-state index contributed by atoms with van der Waals surface area (Å²) in [6, 6.07) is 18.3. The minimum Gasteiger partial charge on any atom is -0.484 e. The molecule has 0 unspecified atom stereocenters. The molecule has 0 spiro atoms. The van der Waals surface area contributed by atoms with Crippen molar-refractivity contribution in [3.8, 4) is 5.75 Å². The van der Waals surface area contributed by atoms with Gasteiger partial charge >= 0.3 is 0 Å². The van der Waals surface area contributed by atoms with Crippen LogP contribution in [0, 0.1) is 24.0 Å². The Hall–Kier alpha value is -4.44. The number of anilines is 1. The smallest absolute Gasteiger partial charge is 0.293 e. The number of carbonyl (C=O) groups excluding carboxylic acids is 3. The molecule has 1 aliphatic rings. The maximum absolute atomic E-state index is 12.8. The van der Waals surface area contributed by atoms with Gasteiger partial charge in [0.2, 0.25) is 0 Å². The molecule has 0 radical (unpaired) electrons. The fraction of sp³-hybridized carbons (Fsp3) is 0.148. The highest BCUT2D eigenvalue weighted by Crippen LogP contribution is 2.33. The number of nitro groups is 1. The predicted octanol–water partition coefficient (Wildman–Crippen LogP) is 5.47. The van der Waals surface area contributed by atoms with E-state index in [1.165, 1.54) is 24.3 Å². The third-order valence-electron chi connectivity index (χ3n) is 5.57. The number of carbonyl (C=O) groups is 3. The first-order valence-electron chi connectivity index (χ1n) is 11.3. The van der Waals surface area contributed by atoms with Gasteiger partial charge in [-0.3, -0.25) is 29.4 Å². The van der Waals surface area contributed by atoms with E-state index in [1.54, 1.807) is 30.3 Å². The molecule has 188 valence electrons. The van der Waals surface area contributed by atoms with Crippen LogP contribution in [0.4, 0.5) is 16.2 Å². The number of nitrogens with one attached hydrogen (secondary N) is 1. The summed E-state index contributed by atoms with van der Waals surface area (Å²) in [5.74, 6) is -0.228. The number of hydrogen-bond donors (Lipinski definition) is 1.